The van der Waals surface area contributed by atoms with Gasteiger partial charge in [0.2, 0.25) is 0 Å². The molecule has 0 aromatic heterocycles. The van der Waals surface area contributed by atoms with Gasteiger partial charge in [-0.25, -0.2) is 8.78 Å². The van der Waals surface area contributed by atoms with Crippen molar-refractivity contribution in [1.82, 2.24) is 5.32 Å². The van der Waals surface area contributed by atoms with Crippen LogP contribution >= 0.6 is 15.9 Å². The van der Waals surface area contributed by atoms with Crippen LogP contribution in [0.3, 0.4) is 0 Å². The number of hydrogen-bond acceptors (Lipinski definition) is 1. The fourth-order valence-electron chi connectivity index (χ4n) is 1.90. The van der Waals surface area contributed by atoms with E-state index in [4.69, 9.17) is 0 Å². The maximum Gasteiger partial charge on any atom is 0.145 e. The van der Waals surface area contributed by atoms with Crippen molar-refractivity contribution in [2.75, 3.05) is 7.05 Å². The zero-order chi connectivity index (χ0) is 14.0. The van der Waals surface area contributed by atoms with Crippen LogP contribution in [0.2, 0.25) is 0 Å². The van der Waals surface area contributed by atoms with Crippen LogP contribution < -0.4 is 5.32 Å². The van der Waals surface area contributed by atoms with E-state index in [0.717, 1.165) is 5.56 Å². The van der Waals surface area contributed by atoms with Crippen molar-refractivity contribution in [3.05, 3.63) is 58.1 Å². The summed E-state index contributed by atoms with van der Waals surface area (Å²) in [6.07, 6.45) is 0. The fraction of sp³-hybridized carbons (Fsp3) is 0.200. The molecule has 19 heavy (non-hydrogen) atoms. The summed E-state index contributed by atoms with van der Waals surface area (Å²) in [6.45, 7) is 1.97. The van der Waals surface area contributed by atoms with Gasteiger partial charge < -0.3 is 5.32 Å². The molecule has 1 atom stereocenters. The van der Waals surface area contributed by atoms with Crippen LogP contribution in [0.1, 0.15) is 18.5 Å². The van der Waals surface area contributed by atoms with Gasteiger partial charge in [-0.05, 0) is 53.7 Å². The smallest absolute Gasteiger partial charge is 0.145 e. The average molecular weight is 326 g/mol. The van der Waals surface area contributed by atoms with Crippen LogP contribution in [0.25, 0.3) is 11.1 Å². The molecule has 0 fully saturated rings. The van der Waals surface area contributed by atoms with E-state index in [9.17, 15) is 8.78 Å². The summed E-state index contributed by atoms with van der Waals surface area (Å²) in [7, 11) is 1.83. The quantitative estimate of drug-likeness (QED) is 0.864. The van der Waals surface area contributed by atoms with Gasteiger partial charge in [-0.15, -0.1) is 0 Å². The van der Waals surface area contributed by atoms with Crippen LogP contribution in [0.4, 0.5) is 8.78 Å². The zero-order valence-corrected chi connectivity index (χ0v) is 12.3. The molecule has 0 heterocycles. The van der Waals surface area contributed by atoms with E-state index in [1.165, 1.54) is 6.07 Å². The Morgan fingerprint density at radius 1 is 1.11 bits per heavy atom. The van der Waals surface area contributed by atoms with Gasteiger partial charge in [0.15, 0.2) is 0 Å². The third-order valence-corrected chi connectivity index (χ3v) is 3.78. The molecule has 2 aromatic carbocycles. The van der Waals surface area contributed by atoms with Gasteiger partial charge in [-0.2, -0.15) is 0 Å². The first kappa shape index (κ1) is 14.2. The van der Waals surface area contributed by atoms with Gasteiger partial charge in [0.25, 0.3) is 0 Å². The minimum Gasteiger partial charge on any atom is -0.313 e. The Labute approximate surface area is 119 Å². The normalized spacial score (nSPS) is 12.5. The summed E-state index contributed by atoms with van der Waals surface area (Å²) in [4.78, 5) is 0. The Morgan fingerprint density at radius 2 is 1.84 bits per heavy atom. The predicted molar refractivity (Wildman–Crippen MR) is 77.0 cm³/mol. The molecular weight excluding hydrogens is 312 g/mol. The van der Waals surface area contributed by atoms with E-state index in [-0.39, 0.29) is 17.2 Å². The molecule has 0 spiro atoms. The minimum absolute atomic E-state index is 0.0783. The van der Waals surface area contributed by atoms with Crippen LogP contribution in [-0.4, -0.2) is 7.05 Å². The van der Waals surface area contributed by atoms with Crippen molar-refractivity contribution >= 4 is 15.9 Å². The summed E-state index contributed by atoms with van der Waals surface area (Å²) < 4.78 is 28.3. The second-order valence-electron chi connectivity index (χ2n) is 4.35. The van der Waals surface area contributed by atoms with Crippen molar-refractivity contribution in [2.45, 2.75) is 13.0 Å². The van der Waals surface area contributed by atoms with Gasteiger partial charge in [-0.1, -0.05) is 18.2 Å². The lowest BCUT2D eigenvalue weighted by Crippen LogP contribution is -2.12. The first-order valence-electron chi connectivity index (χ1n) is 5.95. The van der Waals surface area contributed by atoms with Crippen molar-refractivity contribution in [1.29, 1.82) is 0 Å². The molecule has 0 saturated carbocycles. The molecule has 4 heteroatoms. The SMILES string of the molecule is CNC(C)c1ccc(F)c(-c2cccc(Br)c2F)c1. The van der Waals surface area contributed by atoms with Gasteiger partial charge >= 0.3 is 0 Å². The van der Waals surface area contributed by atoms with Crippen molar-refractivity contribution in [3.8, 4) is 11.1 Å². The number of rotatable bonds is 3. The Kier molecular flexibility index (Phi) is 4.32. The molecule has 0 amide bonds. The molecule has 0 aliphatic heterocycles. The van der Waals surface area contributed by atoms with E-state index in [2.05, 4.69) is 21.2 Å². The van der Waals surface area contributed by atoms with Crippen LogP contribution in [0.15, 0.2) is 40.9 Å². The molecule has 100 valence electrons. The molecule has 2 aromatic rings. The Morgan fingerprint density at radius 3 is 2.53 bits per heavy atom. The van der Waals surface area contributed by atoms with E-state index >= 15 is 0 Å². The predicted octanol–water partition coefficient (Wildman–Crippen LogP) is 4.67. The van der Waals surface area contributed by atoms with Crippen molar-refractivity contribution < 1.29 is 8.78 Å². The van der Waals surface area contributed by atoms with Gasteiger partial charge in [0.1, 0.15) is 11.6 Å². The highest BCUT2D eigenvalue weighted by atomic mass is 79.9. The second-order valence-corrected chi connectivity index (χ2v) is 5.21. The van der Waals surface area contributed by atoms with E-state index < -0.39 is 11.6 Å². The fourth-order valence-corrected chi connectivity index (χ4v) is 2.26. The molecule has 1 unspecified atom stereocenters. The number of nitrogens with one attached hydrogen (secondary N) is 1. The summed E-state index contributed by atoms with van der Waals surface area (Å²) in [5.41, 5.74) is 1.45. The monoisotopic (exact) mass is 325 g/mol. The lowest BCUT2D eigenvalue weighted by molar-refractivity contribution is 0.608. The number of halogens is 3. The van der Waals surface area contributed by atoms with Crippen LogP contribution in [0.5, 0.6) is 0 Å². The average Bonchev–Trinajstić information content (AvgIpc) is 2.42. The van der Waals surface area contributed by atoms with Gasteiger partial charge in [-0.3, -0.25) is 0 Å². The van der Waals surface area contributed by atoms with E-state index in [1.807, 2.05) is 14.0 Å². The molecule has 0 radical (unpaired) electrons. The maximum absolute atomic E-state index is 14.1. The van der Waals surface area contributed by atoms with Crippen LogP contribution in [0, 0.1) is 11.6 Å². The Balaban J connectivity index is 2.58. The third kappa shape index (κ3) is 2.85. The maximum atomic E-state index is 14.1. The highest BCUT2D eigenvalue weighted by molar-refractivity contribution is 9.10. The third-order valence-electron chi connectivity index (χ3n) is 3.17. The molecular formula is C15H14BrF2N. The number of hydrogen-bond donors (Lipinski definition) is 1. The summed E-state index contributed by atoms with van der Waals surface area (Å²) in [6, 6.07) is 9.70. The second kappa shape index (κ2) is 5.80. The summed E-state index contributed by atoms with van der Waals surface area (Å²) in [5.74, 6) is -0.875. The molecule has 2 rings (SSSR count). The molecule has 0 saturated heterocycles. The zero-order valence-electron chi connectivity index (χ0n) is 10.7. The highest BCUT2D eigenvalue weighted by Gasteiger charge is 2.14. The van der Waals surface area contributed by atoms with Crippen molar-refractivity contribution in [2.24, 2.45) is 0 Å². The molecule has 0 aliphatic carbocycles. The number of benzene rings is 2. The standard InChI is InChI=1S/C15H14BrF2N/c1-9(19-2)10-6-7-14(17)12(8-10)11-4-3-5-13(16)15(11)18/h3-9,19H,1-2H3. The van der Waals surface area contributed by atoms with Crippen molar-refractivity contribution in [3.63, 3.8) is 0 Å². The largest absolute Gasteiger partial charge is 0.313 e. The molecule has 1 N–H and O–H groups in total. The highest BCUT2D eigenvalue weighted by Crippen LogP contribution is 2.31. The Hall–Kier alpha value is -1.26. The molecule has 0 aliphatic rings. The first-order valence-corrected chi connectivity index (χ1v) is 6.75. The molecule has 1 nitrogen and oxygen atoms in total. The van der Waals surface area contributed by atoms with E-state index in [0.29, 0.717) is 4.47 Å². The lowest BCUT2D eigenvalue weighted by atomic mass is 9.99. The lowest BCUT2D eigenvalue weighted by Gasteiger charge is -2.13. The van der Waals surface area contributed by atoms with Crippen LogP contribution in [-0.2, 0) is 0 Å². The molecule has 0 bridgehead atoms. The first-order chi connectivity index (χ1) is 9.04. The van der Waals surface area contributed by atoms with E-state index in [1.54, 1.807) is 30.3 Å². The van der Waals surface area contributed by atoms with Gasteiger partial charge in [0.05, 0.1) is 4.47 Å². The minimum atomic E-state index is -0.448. The Bertz CT molecular complexity index is 599. The summed E-state index contributed by atoms with van der Waals surface area (Å²) in [5, 5.41) is 3.08. The summed E-state index contributed by atoms with van der Waals surface area (Å²) >= 11 is 3.12. The topological polar surface area (TPSA) is 12.0 Å². The van der Waals surface area contributed by atoms with Gasteiger partial charge in [0, 0.05) is 17.2 Å².